The van der Waals surface area contributed by atoms with Gasteiger partial charge in [-0.3, -0.25) is 0 Å². The predicted molar refractivity (Wildman–Crippen MR) is 84.8 cm³/mol. The highest BCUT2D eigenvalue weighted by molar-refractivity contribution is 5.99. The molecule has 0 radical (unpaired) electrons. The maximum atomic E-state index is 6.07. The first kappa shape index (κ1) is 13.1. The van der Waals surface area contributed by atoms with Crippen molar-refractivity contribution in [1.82, 2.24) is 15.1 Å². The van der Waals surface area contributed by atoms with E-state index in [0.717, 1.165) is 47.7 Å². The molecule has 1 aliphatic rings. The standard InChI is InChI=1S/C16H17N5O/c1-10-19-16(22-20-10)11-6-8-21(9-11)15-13-3-2-4-14(17)12(13)5-7-18-15/h2-5,7,11H,6,8-9,17H2,1H3. The number of fused-ring (bicyclic) bond motifs is 1. The number of anilines is 2. The number of aromatic nitrogens is 3. The van der Waals surface area contributed by atoms with Gasteiger partial charge >= 0.3 is 0 Å². The minimum Gasteiger partial charge on any atom is -0.398 e. The van der Waals surface area contributed by atoms with E-state index in [0.29, 0.717) is 5.82 Å². The van der Waals surface area contributed by atoms with Crippen molar-refractivity contribution in [1.29, 1.82) is 0 Å². The van der Waals surface area contributed by atoms with Crippen molar-refractivity contribution in [2.75, 3.05) is 23.7 Å². The minimum atomic E-state index is 0.263. The summed E-state index contributed by atoms with van der Waals surface area (Å²) in [6.07, 6.45) is 2.81. The number of aryl methyl sites for hydroxylation is 1. The van der Waals surface area contributed by atoms with Crippen molar-refractivity contribution in [2.24, 2.45) is 0 Å². The average molecular weight is 295 g/mol. The van der Waals surface area contributed by atoms with Gasteiger partial charge in [0.15, 0.2) is 5.82 Å². The lowest BCUT2D eigenvalue weighted by Crippen LogP contribution is -2.20. The van der Waals surface area contributed by atoms with Gasteiger partial charge in [0.25, 0.3) is 0 Å². The molecule has 0 saturated carbocycles. The number of pyridine rings is 1. The van der Waals surface area contributed by atoms with E-state index >= 15 is 0 Å². The SMILES string of the molecule is Cc1noc(C2CCN(c3nccc4c(N)cccc34)C2)n1. The Bertz CT molecular complexity index is 828. The number of nitrogens with two attached hydrogens (primary N) is 1. The van der Waals surface area contributed by atoms with E-state index in [2.05, 4.69) is 26.1 Å². The van der Waals surface area contributed by atoms with Crippen LogP contribution in [0, 0.1) is 6.92 Å². The summed E-state index contributed by atoms with van der Waals surface area (Å²) in [4.78, 5) is 11.2. The van der Waals surface area contributed by atoms with Crippen molar-refractivity contribution in [3.05, 3.63) is 42.2 Å². The molecule has 1 saturated heterocycles. The fourth-order valence-electron chi connectivity index (χ4n) is 3.10. The lowest BCUT2D eigenvalue weighted by molar-refractivity contribution is 0.356. The number of benzene rings is 1. The van der Waals surface area contributed by atoms with Gasteiger partial charge in [-0.05, 0) is 25.5 Å². The van der Waals surface area contributed by atoms with E-state index in [1.807, 2.05) is 31.3 Å². The Morgan fingerprint density at radius 1 is 1.27 bits per heavy atom. The molecule has 0 spiro atoms. The highest BCUT2D eigenvalue weighted by Crippen LogP contribution is 2.34. The third-order valence-electron chi connectivity index (χ3n) is 4.20. The Kier molecular flexibility index (Phi) is 2.96. The molecule has 1 aliphatic heterocycles. The van der Waals surface area contributed by atoms with Crippen molar-refractivity contribution in [3.63, 3.8) is 0 Å². The molecule has 6 heteroatoms. The monoisotopic (exact) mass is 295 g/mol. The van der Waals surface area contributed by atoms with Gasteiger partial charge in [-0.2, -0.15) is 4.98 Å². The molecule has 4 rings (SSSR count). The molecule has 112 valence electrons. The smallest absolute Gasteiger partial charge is 0.231 e. The Hall–Kier alpha value is -2.63. The molecule has 2 aromatic heterocycles. The van der Waals surface area contributed by atoms with Crippen LogP contribution in [0.15, 0.2) is 35.0 Å². The van der Waals surface area contributed by atoms with Crippen LogP contribution in [0.25, 0.3) is 10.8 Å². The van der Waals surface area contributed by atoms with E-state index in [-0.39, 0.29) is 5.92 Å². The second-order valence-electron chi connectivity index (χ2n) is 5.69. The summed E-state index contributed by atoms with van der Waals surface area (Å²) in [5, 5.41) is 6.02. The summed E-state index contributed by atoms with van der Waals surface area (Å²) in [6.45, 7) is 3.60. The zero-order valence-electron chi connectivity index (χ0n) is 12.4. The van der Waals surface area contributed by atoms with Gasteiger partial charge in [-0.1, -0.05) is 17.3 Å². The van der Waals surface area contributed by atoms with Crippen LogP contribution in [0.4, 0.5) is 11.5 Å². The van der Waals surface area contributed by atoms with Crippen molar-refractivity contribution >= 4 is 22.3 Å². The maximum absolute atomic E-state index is 6.07. The summed E-state index contributed by atoms with van der Waals surface area (Å²) in [7, 11) is 0. The molecule has 1 fully saturated rings. The predicted octanol–water partition coefficient (Wildman–Crippen LogP) is 2.50. The zero-order valence-corrected chi connectivity index (χ0v) is 12.4. The number of hydrogen-bond donors (Lipinski definition) is 1. The highest BCUT2D eigenvalue weighted by Gasteiger charge is 2.29. The maximum Gasteiger partial charge on any atom is 0.231 e. The molecule has 2 N–H and O–H groups in total. The molecule has 1 aromatic carbocycles. The molecule has 1 unspecified atom stereocenters. The third kappa shape index (κ3) is 2.07. The van der Waals surface area contributed by atoms with E-state index in [9.17, 15) is 0 Å². The Morgan fingerprint density at radius 2 is 2.18 bits per heavy atom. The van der Waals surface area contributed by atoms with Gasteiger partial charge in [-0.15, -0.1) is 0 Å². The lowest BCUT2D eigenvalue weighted by atomic mass is 10.1. The molecular formula is C16H17N5O. The van der Waals surface area contributed by atoms with Crippen LogP contribution in [0.1, 0.15) is 24.1 Å². The van der Waals surface area contributed by atoms with Gasteiger partial charge in [-0.25, -0.2) is 4.98 Å². The summed E-state index contributed by atoms with van der Waals surface area (Å²) in [6, 6.07) is 7.92. The number of nitrogen functional groups attached to an aromatic ring is 1. The normalized spacial score (nSPS) is 18.2. The number of hydrogen-bond acceptors (Lipinski definition) is 6. The number of nitrogens with zero attached hydrogens (tertiary/aromatic N) is 4. The van der Waals surface area contributed by atoms with Gasteiger partial charge in [0.2, 0.25) is 5.89 Å². The van der Waals surface area contributed by atoms with Gasteiger partial charge in [0.1, 0.15) is 5.82 Å². The summed E-state index contributed by atoms with van der Waals surface area (Å²) in [5.41, 5.74) is 6.85. The van der Waals surface area contributed by atoms with Crippen LogP contribution >= 0.6 is 0 Å². The van der Waals surface area contributed by atoms with Crippen LogP contribution in [-0.2, 0) is 0 Å². The van der Waals surface area contributed by atoms with Gasteiger partial charge in [0, 0.05) is 35.7 Å². The van der Waals surface area contributed by atoms with Crippen LogP contribution in [-0.4, -0.2) is 28.2 Å². The topological polar surface area (TPSA) is 81.1 Å². The van der Waals surface area contributed by atoms with E-state index in [1.165, 1.54) is 0 Å². The van der Waals surface area contributed by atoms with Crippen LogP contribution in [0.3, 0.4) is 0 Å². The quantitative estimate of drug-likeness (QED) is 0.732. The number of rotatable bonds is 2. The average Bonchev–Trinajstić information content (AvgIpc) is 3.16. The fraction of sp³-hybridized carbons (Fsp3) is 0.312. The molecule has 3 heterocycles. The summed E-state index contributed by atoms with van der Waals surface area (Å²) < 4.78 is 5.31. The first-order chi connectivity index (χ1) is 10.7. The molecule has 6 nitrogen and oxygen atoms in total. The van der Waals surface area contributed by atoms with Crippen molar-refractivity contribution < 1.29 is 4.52 Å². The molecule has 0 aliphatic carbocycles. The fourth-order valence-corrected chi connectivity index (χ4v) is 3.10. The molecule has 0 bridgehead atoms. The van der Waals surface area contributed by atoms with E-state index < -0.39 is 0 Å². The Morgan fingerprint density at radius 3 is 3.00 bits per heavy atom. The highest BCUT2D eigenvalue weighted by atomic mass is 16.5. The molecular weight excluding hydrogens is 278 g/mol. The lowest BCUT2D eigenvalue weighted by Gasteiger charge is -2.19. The van der Waals surface area contributed by atoms with Crippen LogP contribution in [0.2, 0.25) is 0 Å². The van der Waals surface area contributed by atoms with Crippen molar-refractivity contribution in [2.45, 2.75) is 19.3 Å². The van der Waals surface area contributed by atoms with Gasteiger partial charge < -0.3 is 15.2 Å². The minimum absolute atomic E-state index is 0.263. The van der Waals surface area contributed by atoms with Crippen LogP contribution < -0.4 is 10.6 Å². The Labute approximate surface area is 127 Å². The summed E-state index contributed by atoms with van der Waals surface area (Å²) >= 11 is 0. The van der Waals surface area contributed by atoms with E-state index in [1.54, 1.807) is 0 Å². The zero-order chi connectivity index (χ0) is 15.1. The molecule has 3 aromatic rings. The molecule has 1 atom stereocenters. The second-order valence-corrected chi connectivity index (χ2v) is 5.69. The molecule has 22 heavy (non-hydrogen) atoms. The Balaban J connectivity index is 1.68. The largest absolute Gasteiger partial charge is 0.398 e. The summed E-state index contributed by atoms with van der Waals surface area (Å²) in [5.74, 6) is 2.65. The second kappa shape index (κ2) is 4.98. The first-order valence-electron chi connectivity index (χ1n) is 7.41. The van der Waals surface area contributed by atoms with Crippen LogP contribution in [0.5, 0.6) is 0 Å². The van der Waals surface area contributed by atoms with E-state index in [4.69, 9.17) is 10.3 Å². The van der Waals surface area contributed by atoms with Gasteiger partial charge in [0.05, 0.1) is 5.92 Å². The first-order valence-corrected chi connectivity index (χ1v) is 7.41. The molecule has 0 amide bonds. The third-order valence-corrected chi connectivity index (χ3v) is 4.20. The van der Waals surface area contributed by atoms with Crippen molar-refractivity contribution in [3.8, 4) is 0 Å².